The van der Waals surface area contributed by atoms with Crippen LogP contribution in [0.1, 0.15) is 29.8 Å². The smallest absolute Gasteiger partial charge is 0.335 e. The van der Waals surface area contributed by atoms with Gasteiger partial charge in [0, 0.05) is 18.6 Å². The Morgan fingerprint density at radius 3 is 2.72 bits per heavy atom. The fourth-order valence-electron chi connectivity index (χ4n) is 1.65. The van der Waals surface area contributed by atoms with Crippen molar-refractivity contribution in [2.75, 3.05) is 13.2 Å². The summed E-state index contributed by atoms with van der Waals surface area (Å²) in [4.78, 5) is 22.4. The Labute approximate surface area is 107 Å². The molecule has 18 heavy (non-hydrogen) atoms. The normalized spacial score (nSPS) is 11.9. The Balaban J connectivity index is 2.75. The van der Waals surface area contributed by atoms with Crippen LogP contribution in [0.3, 0.4) is 0 Å². The Bertz CT molecular complexity index is 401. The Morgan fingerprint density at radius 1 is 1.33 bits per heavy atom. The van der Waals surface area contributed by atoms with Gasteiger partial charge >= 0.3 is 5.97 Å². The first-order chi connectivity index (χ1) is 8.71. The van der Waals surface area contributed by atoms with Gasteiger partial charge in [0.1, 0.15) is 6.29 Å². The summed E-state index contributed by atoms with van der Waals surface area (Å²) < 4.78 is 10.3. The fourth-order valence-corrected chi connectivity index (χ4v) is 1.65. The Kier molecular flexibility index (Phi) is 6.08. The van der Waals surface area contributed by atoms with Gasteiger partial charge in [0.15, 0.2) is 6.10 Å². The van der Waals surface area contributed by atoms with Gasteiger partial charge in [-0.2, -0.15) is 0 Å². The standard InChI is InChI=1S/C14H18O4/c1-3-17-13(14(16)18-4-2)9-11-6-5-7-12(8-11)10-15/h5-8,10,13H,3-4,9H2,1-2H3/t13-/m0/s1. The highest BCUT2D eigenvalue weighted by atomic mass is 16.6. The van der Waals surface area contributed by atoms with Crippen molar-refractivity contribution in [3.63, 3.8) is 0 Å². The molecule has 4 nitrogen and oxygen atoms in total. The van der Waals surface area contributed by atoms with Crippen molar-refractivity contribution in [3.05, 3.63) is 35.4 Å². The molecule has 1 aromatic rings. The molecule has 0 fully saturated rings. The molecule has 0 aliphatic rings. The predicted molar refractivity (Wildman–Crippen MR) is 67.6 cm³/mol. The average molecular weight is 250 g/mol. The number of esters is 1. The third kappa shape index (κ3) is 4.30. The third-order valence-corrected chi connectivity index (χ3v) is 2.43. The first-order valence-electron chi connectivity index (χ1n) is 6.03. The fraction of sp³-hybridized carbons (Fsp3) is 0.429. The van der Waals surface area contributed by atoms with Gasteiger partial charge in [-0.1, -0.05) is 18.2 Å². The maximum atomic E-state index is 11.7. The molecule has 1 atom stereocenters. The topological polar surface area (TPSA) is 52.6 Å². The second kappa shape index (κ2) is 7.61. The van der Waals surface area contributed by atoms with E-state index in [1.807, 2.05) is 13.0 Å². The molecule has 0 heterocycles. The van der Waals surface area contributed by atoms with Crippen molar-refractivity contribution in [3.8, 4) is 0 Å². The number of rotatable bonds is 7. The third-order valence-electron chi connectivity index (χ3n) is 2.43. The molecule has 98 valence electrons. The lowest BCUT2D eigenvalue weighted by Gasteiger charge is -2.15. The molecule has 0 saturated carbocycles. The number of carbonyl (C=O) groups is 2. The van der Waals surface area contributed by atoms with Crippen LogP contribution in [-0.2, 0) is 20.7 Å². The van der Waals surface area contributed by atoms with E-state index in [0.717, 1.165) is 11.8 Å². The summed E-state index contributed by atoms with van der Waals surface area (Å²) in [6.07, 6.45) is 0.578. The van der Waals surface area contributed by atoms with Crippen LogP contribution in [0.25, 0.3) is 0 Å². The molecule has 0 bridgehead atoms. The van der Waals surface area contributed by atoms with Crippen LogP contribution in [0, 0.1) is 0 Å². The van der Waals surface area contributed by atoms with Gasteiger partial charge in [-0.05, 0) is 25.5 Å². The zero-order chi connectivity index (χ0) is 13.4. The van der Waals surface area contributed by atoms with Gasteiger partial charge in [0.05, 0.1) is 6.61 Å². The first kappa shape index (κ1) is 14.4. The molecular formula is C14H18O4. The number of hydrogen-bond donors (Lipinski definition) is 0. The molecular weight excluding hydrogens is 232 g/mol. The molecule has 0 radical (unpaired) electrons. The highest BCUT2D eigenvalue weighted by Gasteiger charge is 2.20. The molecule has 0 saturated heterocycles. The van der Waals surface area contributed by atoms with Gasteiger partial charge in [-0.3, -0.25) is 4.79 Å². The van der Waals surface area contributed by atoms with Crippen LogP contribution < -0.4 is 0 Å². The van der Waals surface area contributed by atoms with Crippen LogP contribution in [0.4, 0.5) is 0 Å². The van der Waals surface area contributed by atoms with Gasteiger partial charge in [-0.25, -0.2) is 4.79 Å². The summed E-state index contributed by atoms with van der Waals surface area (Å²) in [5.74, 6) is -0.365. The zero-order valence-corrected chi connectivity index (χ0v) is 10.7. The Hall–Kier alpha value is -1.68. The van der Waals surface area contributed by atoms with Crippen molar-refractivity contribution in [2.45, 2.75) is 26.4 Å². The van der Waals surface area contributed by atoms with Crippen molar-refractivity contribution < 1.29 is 19.1 Å². The van der Waals surface area contributed by atoms with Gasteiger partial charge in [0.25, 0.3) is 0 Å². The molecule has 0 aliphatic heterocycles. The first-order valence-corrected chi connectivity index (χ1v) is 6.03. The largest absolute Gasteiger partial charge is 0.464 e. The Morgan fingerprint density at radius 2 is 2.11 bits per heavy atom. The monoisotopic (exact) mass is 250 g/mol. The van der Waals surface area contributed by atoms with Crippen molar-refractivity contribution in [1.29, 1.82) is 0 Å². The van der Waals surface area contributed by atoms with Crippen molar-refractivity contribution in [1.82, 2.24) is 0 Å². The zero-order valence-electron chi connectivity index (χ0n) is 10.7. The molecule has 1 aromatic carbocycles. The molecule has 0 unspecified atom stereocenters. The van der Waals surface area contributed by atoms with Crippen molar-refractivity contribution >= 4 is 12.3 Å². The minimum atomic E-state index is -0.614. The minimum Gasteiger partial charge on any atom is -0.464 e. The molecule has 0 amide bonds. The maximum absolute atomic E-state index is 11.7. The number of ether oxygens (including phenoxy) is 2. The van der Waals surface area contributed by atoms with Crippen LogP contribution in [0.2, 0.25) is 0 Å². The van der Waals surface area contributed by atoms with E-state index in [2.05, 4.69) is 0 Å². The summed E-state index contributed by atoms with van der Waals surface area (Å²) >= 11 is 0. The summed E-state index contributed by atoms with van der Waals surface area (Å²) in [6.45, 7) is 4.36. The predicted octanol–water partition coefficient (Wildman–Crippen LogP) is 2.01. The number of carbonyl (C=O) groups excluding carboxylic acids is 2. The second-order valence-electron chi connectivity index (χ2n) is 3.76. The highest BCUT2D eigenvalue weighted by molar-refractivity contribution is 5.76. The van der Waals surface area contributed by atoms with E-state index < -0.39 is 6.10 Å². The lowest BCUT2D eigenvalue weighted by molar-refractivity contribution is -0.156. The molecule has 0 spiro atoms. The van der Waals surface area contributed by atoms with Crippen LogP contribution in [-0.4, -0.2) is 31.6 Å². The maximum Gasteiger partial charge on any atom is 0.335 e. The van der Waals surface area contributed by atoms with Gasteiger partial charge in [-0.15, -0.1) is 0 Å². The van der Waals surface area contributed by atoms with Crippen LogP contribution in [0.15, 0.2) is 24.3 Å². The average Bonchev–Trinajstić information content (AvgIpc) is 2.39. The highest BCUT2D eigenvalue weighted by Crippen LogP contribution is 2.10. The molecule has 0 N–H and O–H groups in total. The van der Waals surface area contributed by atoms with Crippen LogP contribution in [0.5, 0.6) is 0 Å². The lowest BCUT2D eigenvalue weighted by Crippen LogP contribution is -2.29. The van der Waals surface area contributed by atoms with Crippen molar-refractivity contribution in [2.24, 2.45) is 0 Å². The summed E-state index contributed by atoms with van der Waals surface area (Å²) in [7, 11) is 0. The molecule has 4 heteroatoms. The molecule has 0 aromatic heterocycles. The van der Waals surface area contributed by atoms with Crippen LogP contribution >= 0.6 is 0 Å². The van der Waals surface area contributed by atoms with E-state index >= 15 is 0 Å². The molecule has 0 aliphatic carbocycles. The van der Waals surface area contributed by atoms with Gasteiger partial charge in [0.2, 0.25) is 0 Å². The van der Waals surface area contributed by atoms with E-state index in [4.69, 9.17) is 9.47 Å². The van der Waals surface area contributed by atoms with Gasteiger partial charge < -0.3 is 9.47 Å². The number of hydrogen-bond acceptors (Lipinski definition) is 4. The lowest BCUT2D eigenvalue weighted by atomic mass is 10.1. The quantitative estimate of drug-likeness (QED) is 0.548. The SMILES string of the molecule is CCOC(=O)[C@H](Cc1cccc(C=O)c1)OCC. The summed E-state index contributed by atoms with van der Waals surface area (Å²) in [5.41, 5.74) is 1.47. The van der Waals surface area contributed by atoms with E-state index in [9.17, 15) is 9.59 Å². The summed E-state index contributed by atoms with van der Waals surface area (Å²) in [6, 6.07) is 7.11. The van der Waals surface area contributed by atoms with E-state index in [-0.39, 0.29) is 5.97 Å². The number of aldehydes is 1. The molecule has 1 rings (SSSR count). The van der Waals surface area contributed by atoms with E-state index in [1.54, 1.807) is 25.1 Å². The number of benzene rings is 1. The second-order valence-corrected chi connectivity index (χ2v) is 3.76. The van der Waals surface area contributed by atoms with E-state index in [0.29, 0.717) is 25.2 Å². The summed E-state index contributed by atoms with van der Waals surface area (Å²) in [5, 5.41) is 0. The minimum absolute atomic E-state index is 0.330. The van der Waals surface area contributed by atoms with E-state index in [1.165, 1.54) is 0 Å².